The second-order valence-electron chi connectivity index (χ2n) is 6.53. The fourth-order valence-corrected chi connectivity index (χ4v) is 4.53. The molecule has 1 aromatic heterocycles. The summed E-state index contributed by atoms with van der Waals surface area (Å²) in [5.74, 6) is 0. The molecular formula is C24H18N2S. The van der Waals surface area contributed by atoms with Crippen molar-refractivity contribution in [2.75, 3.05) is 5.32 Å². The topological polar surface area (TPSA) is 24.9 Å². The molecule has 0 saturated carbocycles. The van der Waals surface area contributed by atoms with Gasteiger partial charge in [-0.1, -0.05) is 72.8 Å². The van der Waals surface area contributed by atoms with Crippen LogP contribution in [0.4, 0.5) is 5.69 Å². The van der Waals surface area contributed by atoms with Crippen molar-refractivity contribution in [2.24, 2.45) is 0 Å². The van der Waals surface area contributed by atoms with Crippen molar-refractivity contribution in [3.8, 4) is 0 Å². The van der Waals surface area contributed by atoms with Gasteiger partial charge in [0.25, 0.3) is 0 Å². The van der Waals surface area contributed by atoms with Gasteiger partial charge >= 0.3 is 0 Å². The third-order valence-corrected chi connectivity index (χ3v) is 5.88. The summed E-state index contributed by atoms with van der Waals surface area (Å²) in [7, 11) is 0. The molecule has 0 unspecified atom stereocenters. The van der Waals surface area contributed by atoms with Crippen molar-refractivity contribution < 1.29 is 0 Å². The van der Waals surface area contributed by atoms with Crippen molar-refractivity contribution in [3.05, 3.63) is 108 Å². The van der Waals surface area contributed by atoms with Crippen molar-refractivity contribution in [1.29, 1.82) is 0 Å². The molecule has 0 radical (unpaired) electrons. The van der Waals surface area contributed by atoms with Crippen LogP contribution in [0, 0.1) is 0 Å². The van der Waals surface area contributed by atoms with Gasteiger partial charge in [-0.25, -0.2) is 4.98 Å². The Morgan fingerprint density at radius 3 is 2.33 bits per heavy atom. The molecule has 0 spiro atoms. The maximum absolute atomic E-state index is 4.95. The fourth-order valence-electron chi connectivity index (χ4n) is 3.49. The lowest BCUT2D eigenvalue weighted by molar-refractivity contribution is 0.936. The number of hydrogen-bond acceptors (Lipinski definition) is 3. The second kappa shape index (κ2) is 6.86. The first-order valence-corrected chi connectivity index (χ1v) is 9.85. The number of benzene rings is 4. The molecule has 0 bridgehead atoms. The summed E-state index contributed by atoms with van der Waals surface area (Å²) in [6.45, 7) is 0. The SMILES string of the molecule is c1ccc(N[C@@H](c2nc3ccccc3s2)c2cccc3ccccc23)cc1. The number of aromatic nitrogens is 1. The molecule has 0 aliphatic carbocycles. The minimum absolute atomic E-state index is 0.00380. The van der Waals surface area contributed by atoms with Gasteiger partial charge in [0.15, 0.2) is 0 Å². The number of hydrogen-bond donors (Lipinski definition) is 1. The van der Waals surface area contributed by atoms with E-state index in [1.807, 2.05) is 12.1 Å². The summed E-state index contributed by atoms with van der Waals surface area (Å²) in [5, 5.41) is 7.30. The van der Waals surface area contributed by atoms with Crippen molar-refractivity contribution in [3.63, 3.8) is 0 Å². The highest BCUT2D eigenvalue weighted by atomic mass is 32.1. The number of anilines is 1. The molecule has 3 heteroatoms. The summed E-state index contributed by atoms with van der Waals surface area (Å²) in [6.07, 6.45) is 0. The minimum atomic E-state index is -0.00380. The highest BCUT2D eigenvalue weighted by molar-refractivity contribution is 7.18. The van der Waals surface area contributed by atoms with Gasteiger partial charge in [-0.2, -0.15) is 0 Å². The van der Waals surface area contributed by atoms with Crippen LogP contribution in [0.3, 0.4) is 0 Å². The molecule has 5 rings (SSSR count). The Hall–Kier alpha value is -3.17. The largest absolute Gasteiger partial charge is 0.372 e. The number of rotatable bonds is 4. The molecule has 27 heavy (non-hydrogen) atoms. The van der Waals surface area contributed by atoms with Crippen LogP contribution >= 0.6 is 11.3 Å². The predicted octanol–water partition coefficient (Wildman–Crippen LogP) is 6.65. The highest BCUT2D eigenvalue weighted by Gasteiger charge is 2.20. The van der Waals surface area contributed by atoms with Gasteiger partial charge in [0.2, 0.25) is 0 Å². The van der Waals surface area contributed by atoms with Gasteiger partial charge in [0.1, 0.15) is 11.0 Å². The first-order chi connectivity index (χ1) is 13.4. The summed E-state index contributed by atoms with van der Waals surface area (Å²) < 4.78 is 1.22. The van der Waals surface area contributed by atoms with Crippen LogP contribution in [0.5, 0.6) is 0 Å². The van der Waals surface area contributed by atoms with Gasteiger partial charge in [0.05, 0.1) is 10.2 Å². The van der Waals surface area contributed by atoms with E-state index in [2.05, 4.69) is 90.2 Å². The molecule has 0 aliphatic rings. The Kier molecular flexibility index (Phi) is 4.07. The lowest BCUT2D eigenvalue weighted by Crippen LogP contribution is -2.12. The average molecular weight is 366 g/mol. The first-order valence-electron chi connectivity index (χ1n) is 9.03. The van der Waals surface area contributed by atoms with Gasteiger partial charge in [-0.15, -0.1) is 11.3 Å². The summed E-state index contributed by atoms with van der Waals surface area (Å²) in [5.41, 5.74) is 3.39. The molecule has 0 aliphatic heterocycles. The first kappa shape index (κ1) is 16.0. The molecule has 1 N–H and O–H groups in total. The standard InChI is InChI=1S/C24H18N2S/c1-2-11-18(12-3-1)25-23(24-26-21-15-6-7-16-22(21)27-24)20-14-8-10-17-9-4-5-13-19(17)20/h1-16,23,25H/t23-/m1/s1. The van der Waals surface area contributed by atoms with Gasteiger partial charge < -0.3 is 5.32 Å². The summed E-state index contributed by atoms with van der Waals surface area (Å²) in [6, 6.07) is 33.7. The monoisotopic (exact) mass is 366 g/mol. The highest BCUT2D eigenvalue weighted by Crippen LogP contribution is 2.35. The molecule has 1 atom stereocenters. The van der Waals surface area contributed by atoms with Crippen LogP contribution < -0.4 is 5.32 Å². The Labute approximate surface area is 162 Å². The number of nitrogens with one attached hydrogen (secondary N) is 1. The van der Waals surface area contributed by atoms with E-state index in [-0.39, 0.29) is 6.04 Å². The molecule has 0 amide bonds. The second-order valence-corrected chi connectivity index (χ2v) is 7.59. The van der Waals surface area contributed by atoms with Gasteiger partial charge in [0, 0.05) is 5.69 Å². The lowest BCUT2D eigenvalue weighted by Gasteiger charge is -2.20. The number of fused-ring (bicyclic) bond motifs is 2. The molecular weight excluding hydrogens is 348 g/mol. The van der Waals surface area contributed by atoms with E-state index in [4.69, 9.17) is 4.98 Å². The zero-order valence-electron chi connectivity index (χ0n) is 14.7. The predicted molar refractivity (Wildman–Crippen MR) is 115 cm³/mol. The lowest BCUT2D eigenvalue weighted by atomic mass is 9.98. The molecule has 1 heterocycles. The van der Waals surface area contributed by atoms with E-state index in [0.717, 1.165) is 16.2 Å². The third kappa shape index (κ3) is 3.07. The van der Waals surface area contributed by atoms with Crippen molar-refractivity contribution in [1.82, 2.24) is 4.98 Å². The number of para-hydroxylation sites is 2. The summed E-state index contributed by atoms with van der Waals surface area (Å²) >= 11 is 1.75. The van der Waals surface area contributed by atoms with Crippen LogP contribution in [0.1, 0.15) is 16.6 Å². The molecule has 4 aromatic carbocycles. The van der Waals surface area contributed by atoms with Crippen LogP contribution in [-0.4, -0.2) is 4.98 Å². The Bertz CT molecular complexity index is 1170. The Balaban J connectivity index is 1.70. The van der Waals surface area contributed by atoms with Gasteiger partial charge in [-0.3, -0.25) is 0 Å². The molecule has 5 aromatic rings. The average Bonchev–Trinajstić information content (AvgIpc) is 3.16. The maximum atomic E-state index is 4.95. The smallest absolute Gasteiger partial charge is 0.121 e. The quantitative estimate of drug-likeness (QED) is 0.385. The van der Waals surface area contributed by atoms with Crippen LogP contribution in [-0.2, 0) is 0 Å². The van der Waals surface area contributed by atoms with Crippen molar-refractivity contribution >= 4 is 38.0 Å². The molecule has 0 fully saturated rings. The zero-order chi connectivity index (χ0) is 18.1. The summed E-state index contributed by atoms with van der Waals surface area (Å²) in [4.78, 5) is 4.95. The Morgan fingerprint density at radius 1 is 0.704 bits per heavy atom. The van der Waals surface area contributed by atoms with Gasteiger partial charge in [-0.05, 0) is 40.6 Å². The van der Waals surface area contributed by atoms with Crippen LogP contribution in [0.2, 0.25) is 0 Å². The van der Waals surface area contributed by atoms with Crippen molar-refractivity contribution in [2.45, 2.75) is 6.04 Å². The van der Waals surface area contributed by atoms with Crippen LogP contribution in [0.25, 0.3) is 21.0 Å². The third-order valence-electron chi connectivity index (χ3n) is 4.78. The molecule has 2 nitrogen and oxygen atoms in total. The van der Waals surface area contributed by atoms with E-state index in [1.54, 1.807) is 11.3 Å². The zero-order valence-corrected chi connectivity index (χ0v) is 15.5. The van der Waals surface area contributed by atoms with E-state index in [0.29, 0.717) is 0 Å². The number of nitrogens with zero attached hydrogens (tertiary/aromatic N) is 1. The number of thiazole rings is 1. The van der Waals surface area contributed by atoms with E-state index >= 15 is 0 Å². The van der Waals surface area contributed by atoms with E-state index < -0.39 is 0 Å². The van der Waals surface area contributed by atoms with Crippen LogP contribution in [0.15, 0.2) is 97.1 Å². The fraction of sp³-hybridized carbons (Fsp3) is 0.0417. The molecule has 0 saturated heterocycles. The van der Waals surface area contributed by atoms with E-state index in [1.165, 1.54) is 21.0 Å². The minimum Gasteiger partial charge on any atom is -0.372 e. The normalized spacial score (nSPS) is 12.3. The Morgan fingerprint density at radius 2 is 1.44 bits per heavy atom. The molecule has 130 valence electrons. The van der Waals surface area contributed by atoms with E-state index in [9.17, 15) is 0 Å². The maximum Gasteiger partial charge on any atom is 0.121 e.